The van der Waals surface area contributed by atoms with Gasteiger partial charge in [0.05, 0.1) is 11.6 Å². The third kappa shape index (κ3) is 4.27. The summed E-state index contributed by atoms with van der Waals surface area (Å²) in [5, 5.41) is 0. The van der Waals surface area contributed by atoms with Crippen molar-refractivity contribution in [3.05, 3.63) is 57.6 Å². The maximum Gasteiger partial charge on any atom is 0.137 e. The molecule has 0 aliphatic heterocycles. The molecule has 23 heavy (non-hydrogen) atoms. The van der Waals surface area contributed by atoms with Crippen LogP contribution in [-0.4, -0.2) is 7.11 Å². The molecule has 0 saturated carbocycles. The topological polar surface area (TPSA) is 44.5 Å². The van der Waals surface area contributed by atoms with Crippen molar-refractivity contribution < 1.29 is 9.47 Å². The highest BCUT2D eigenvalue weighted by Crippen LogP contribution is 2.40. The summed E-state index contributed by atoms with van der Waals surface area (Å²) in [5.41, 5.74) is 9.07. The Bertz CT molecular complexity index is 678. The Kier molecular flexibility index (Phi) is 5.71. The van der Waals surface area contributed by atoms with Crippen molar-refractivity contribution in [3.8, 4) is 11.5 Å². The predicted molar refractivity (Wildman–Crippen MR) is 98.1 cm³/mol. The summed E-state index contributed by atoms with van der Waals surface area (Å²) in [4.78, 5) is 0. The number of ether oxygens (including phenoxy) is 2. The highest BCUT2D eigenvalue weighted by molar-refractivity contribution is 9.10. The van der Waals surface area contributed by atoms with Crippen LogP contribution >= 0.6 is 15.9 Å². The second-order valence-electron chi connectivity index (χ2n) is 6.50. The maximum absolute atomic E-state index is 6.16. The monoisotopic (exact) mass is 377 g/mol. The Morgan fingerprint density at radius 2 is 1.74 bits per heavy atom. The second kappa shape index (κ2) is 7.37. The van der Waals surface area contributed by atoms with Gasteiger partial charge in [-0.25, -0.2) is 0 Å². The summed E-state index contributed by atoms with van der Waals surface area (Å²) in [5.74, 6) is 1.67. The van der Waals surface area contributed by atoms with Crippen LogP contribution in [-0.2, 0) is 18.6 Å². The number of halogens is 1. The van der Waals surface area contributed by atoms with Crippen molar-refractivity contribution in [2.75, 3.05) is 7.11 Å². The third-order valence-corrected chi connectivity index (χ3v) is 4.36. The lowest BCUT2D eigenvalue weighted by Gasteiger charge is -2.25. The minimum atomic E-state index is -0.0558. The van der Waals surface area contributed by atoms with Crippen LogP contribution in [0.4, 0.5) is 0 Å². The minimum Gasteiger partial charge on any atom is -0.497 e. The van der Waals surface area contributed by atoms with Crippen LogP contribution < -0.4 is 15.2 Å². The molecular weight excluding hydrogens is 354 g/mol. The van der Waals surface area contributed by atoms with E-state index in [0.29, 0.717) is 13.2 Å². The molecule has 2 N–H and O–H groups in total. The fourth-order valence-corrected chi connectivity index (χ4v) is 2.99. The van der Waals surface area contributed by atoms with Crippen molar-refractivity contribution >= 4 is 15.9 Å². The largest absolute Gasteiger partial charge is 0.497 e. The van der Waals surface area contributed by atoms with E-state index in [1.54, 1.807) is 7.11 Å². The van der Waals surface area contributed by atoms with Gasteiger partial charge in [0, 0.05) is 12.1 Å². The summed E-state index contributed by atoms with van der Waals surface area (Å²) < 4.78 is 12.4. The van der Waals surface area contributed by atoms with Gasteiger partial charge in [0.15, 0.2) is 0 Å². The Hall–Kier alpha value is -1.52. The van der Waals surface area contributed by atoms with E-state index in [-0.39, 0.29) is 5.41 Å². The van der Waals surface area contributed by atoms with Crippen molar-refractivity contribution in [1.29, 1.82) is 0 Å². The normalized spacial score (nSPS) is 11.4. The van der Waals surface area contributed by atoms with Gasteiger partial charge in [-0.1, -0.05) is 45.0 Å². The van der Waals surface area contributed by atoms with Gasteiger partial charge >= 0.3 is 0 Å². The molecule has 2 aromatic rings. The molecule has 0 bridgehead atoms. The molecule has 0 aliphatic rings. The second-order valence-corrected chi connectivity index (χ2v) is 7.35. The molecule has 0 radical (unpaired) electrons. The summed E-state index contributed by atoms with van der Waals surface area (Å²) in [6, 6.07) is 12.1. The molecule has 0 atom stereocenters. The molecule has 124 valence electrons. The van der Waals surface area contributed by atoms with Gasteiger partial charge in [0.1, 0.15) is 18.1 Å². The molecule has 0 saturated heterocycles. The van der Waals surface area contributed by atoms with E-state index in [9.17, 15) is 0 Å². The summed E-state index contributed by atoms with van der Waals surface area (Å²) in [6.07, 6.45) is 0. The quantitative estimate of drug-likeness (QED) is 0.814. The molecule has 2 rings (SSSR count). The van der Waals surface area contributed by atoms with Gasteiger partial charge in [-0.15, -0.1) is 0 Å². The van der Waals surface area contributed by atoms with Gasteiger partial charge in [-0.2, -0.15) is 0 Å². The molecule has 4 heteroatoms. The van der Waals surface area contributed by atoms with E-state index in [0.717, 1.165) is 32.7 Å². The lowest BCUT2D eigenvalue weighted by atomic mass is 9.86. The summed E-state index contributed by atoms with van der Waals surface area (Å²) >= 11 is 3.61. The number of hydrogen-bond donors (Lipinski definition) is 1. The Morgan fingerprint density at radius 1 is 1.09 bits per heavy atom. The van der Waals surface area contributed by atoms with E-state index in [1.807, 2.05) is 30.3 Å². The predicted octanol–water partition coefficient (Wildman–Crippen LogP) is 4.79. The van der Waals surface area contributed by atoms with Crippen molar-refractivity contribution in [2.24, 2.45) is 5.73 Å². The van der Waals surface area contributed by atoms with Crippen LogP contribution in [0.15, 0.2) is 40.9 Å². The Morgan fingerprint density at radius 3 is 2.30 bits per heavy atom. The fraction of sp³-hybridized carbons (Fsp3) is 0.368. The smallest absolute Gasteiger partial charge is 0.137 e. The Balaban J connectivity index is 2.35. The molecule has 2 aromatic carbocycles. The molecule has 3 nitrogen and oxygen atoms in total. The van der Waals surface area contributed by atoms with Gasteiger partial charge in [0.25, 0.3) is 0 Å². The highest BCUT2D eigenvalue weighted by Gasteiger charge is 2.22. The van der Waals surface area contributed by atoms with E-state index in [2.05, 4.69) is 42.8 Å². The van der Waals surface area contributed by atoms with Crippen molar-refractivity contribution in [1.82, 2.24) is 0 Å². The van der Waals surface area contributed by atoms with Crippen LogP contribution in [0.1, 0.15) is 37.5 Å². The zero-order chi connectivity index (χ0) is 17.0. The number of benzene rings is 2. The molecule has 0 heterocycles. The van der Waals surface area contributed by atoms with Gasteiger partial charge < -0.3 is 15.2 Å². The van der Waals surface area contributed by atoms with Crippen molar-refractivity contribution in [2.45, 2.75) is 39.3 Å². The first-order valence-corrected chi connectivity index (χ1v) is 8.43. The SMILES string of the molecule is COc1cc(Br)c(OCc2ccccc2CN)c(C(C)(C)C)c1. The molecule has 0 aliphatic carbocycles. The standard InChI is InChI=1S/C19H24BrNO2/c1-19(2,3)16-9-15(22-4)10-17(20)18(16)23-12-14-8-6-5-7-13(14)11-21/h5-10H,11-12,21H2,1-4H3. The van der Waals surface area contributed by atoms with E-state index in [1.165, 1.54) is 0 Å². The number of methoxy groups -OCH3 is 1. The lowest BCUT2D eigenvalue weighted by Crippen LogP contribution is -2.14. The lowest BCUT2D eigenvalue weighted by molar-refractivity contribution is 0.293. The zero-order valence-electron chi connectivity index (χ0n) is 14.2. The number of rotatable bonds is 5. The molecule has 0 fully saturated rings. The average molecular weight is 378 g/mol. The van der Waals surface area contributed by atoms with Crippen LogP contribution in [0.25, 0.3) is 0 Å². The zero-order valence-corrected chi connectivity index (χ0v) is 15.7. The molecule has 0 amide bonds. The molecule has 0 unspecified atom stereocenters. The van der Waals surface area contributed by atoms with Crippen molar-refractivity contribution in [3.63, 3.8) is 0 Å². The third-order valence-electron chi connectivity index (χ3n) is 3.77. The maximum atomic E-state index is 6.16. The first-order valence-electron chi connectivity index (χ1n) is 7.64. The fourth-order valence-electron chi connectivity index (χ4n) is 2.44. The molecule has 0 aromatic heterocycles. The molecule has 0 spiro atoms. The van der Waals surface area contributed by atoms with Crippen LogP contribution in [0.5, 0.6) is 11.5 Å². The summed E-state index contributed by atoms with van der Waals surface area (Å²) in [6.45, 7) is 7.48. The Labute approximate surface area is 146 Å². The highest BCUT2D eigenvalue weighted by atomic mass is 79.9. The van der Waals surface area contributed by atoms with E-state index >= 15 is 0 Å². The van der Waals surface area contributed by atoms with Gasteiger partial charge in [-0.3, -0.25) is 0 Å². The average Bonchev–Trinajstić information content (AvgIpc) is 2.52. The van der Waals surface area contributed by atoms with E-state index < -0.39 is 0 Å². The first kappa shape index (κ1) is 17.8. The van der Waals surface area contributed by atoms with Crippen LogP contribution in [0, 0.1) is 0 Å². The first-order chi connectivity index (χ1) is 10.9. The number of nitrogens with two attached hydrogens (primary N) is 1. The van der Waals surface area contributed by atoms with Gasteiger partial charge in [-0.05, 0) is 44.6 Å². The van der Waals surface area contributed by atoms with Gasteiger partial charge in [0.2, 0.25) is 0 Å². The van der Waals surface area contributed by atoms with Crippen LogP contribution in [0.3, 0.4) is 0 Å². The van der Waals surface area contributed by atoms with E-state index in [4.69, 9.17) is 15.2 Å². The number of hydrogen-bond acceptors (Lipinski definition) is 3. The minimum absolute atomic E-state index is 0.0558. The van der Waals surface area contributed by atoms with Crippen LogP contribution in [0.2, 0.25) is 0 Å². The summed E-state index contributed by atoms with van der Waals surface area (Å²) in [7, 11) is 1.67. The molecular formula is C19H24BrNO2.